The summed E-state index contributed by atoms with van der Waals surface area (Å²) >= 11 is 0. The highest BCUT2D eigenvalue weighted by Crippen LogP contribution is 2.26. The van der Waals surface area contributed by atoms with Crippen LogP contribution in [0, 0.1) is 13.8 Å². The van der Waals surface area contributed by atoms with E-state index in [1.54, 1.807) is 39.8 Å². The van der Waals surface area contributed by atoms with Crippen molar-refractivity contribution in [2.24, 2.45) is 5.14 Å². The van der Waals surface area contributed by atoms with Crippen molar-refractivity contribution in [1.82, 2.24) is 24.1 Å². The van der Waals surface area contributed by atoms with Crippen LogP contribution in [0.1, 0.15) is 11.4 Å². The molecule has 0 fully saturated rings. The zero-order chi connectivity index (χ0) is 18.5. The molecule has 8 nitrogen and oxygen atoms in total. The Morgan fingerprint density at radius 1 is 1.15 bits per heavy atom. The first-order chi connectivity index (χ1) is 12.3. The second-order valence-electron chi connectivity index (χ2n) is 6.00. The van der Waals surface area contributed by atoms with Gasteiger partial charge in [-0.05, 0) is 38.1 Å². The molecule has 0 unspecified atom stereocenters. The van der Waals surface area contributed by atoms with Gasteiger partial charge in [-0.1, -0.05) is 6.07 Å². The lowest BCUT2D eigenvalue weighted by Crippen LogP contribution is -2.12. The lowest BCUT2D eigenvalue weighted by atomic mass is 10.2. The molecule has 0 saturated heterocycles. The summed E-state index contributed by atoms with van der Waals surface area (Å²) in [7, 11) is -3.79. The van der Waals surface area contributed by atoms with Crippen molar-refractivity contribution in [2.75, 3.05) is 0 Å². The number of imidazole rings is 1. The molecular weight excluding hydrogens is 352 g/mol. The van der Waals surface area contributed by atoms with Crippen LogP contribution in [0.15, 0.2) is 53.8 Å². The number of aromatic nitrogens is 5. The van der Waals surface area contributed by atoms with Gasteiger partial charge in [-0.3, -0.25) is 4.57 Å². The molecule has 3 heterocycles. The third-order valence-corrected chi connectivity index (χ3v) is 4.99. The van der Waals surface area contributed by atoms with Crippen LogP contribution in [0.4, 0.5) is 0 Å². The predicted molar refractivity (Wildman–Crippen MR) is 96.4 cm³/mol. The van der Waals surface area contributed by atoms with Gasteiger partial charge in [-0.25, -0.2) is 28.0 Å². The molecule has 26 heavy (non-hydrogen) atoms. The summed E-state index contributed by atoms with van der Waals surface area (Å²) < 4.78 is 26.8. The molecule has 3 aromatic heterocycles. The van der Waals surface area contributed by atoms with E-state index in [9.17, 15) is 8.42 Å². The quantitative estimate of drug-likeness (QED) is 0.594. The second kappa shape index (κ2) is 5.75. The Morgan fingerprint density at radius 2 is 1.96 bits per heavy atom. The Kier molecular flexibility index (Phi) is 3.63. The number of hydrogen-bond acceptors (Lipinski definition) is 5. The largest absolute Gasteiger partial charge is 0.300 e. The molecule has 2 N–H and O–H groups in total. The van der Waals surface area contributed by atoms with E-state index in [1.165, 1.54) is 12.1 Å². The third kappa shape index (κ3) is 2.67. The monoisotopic (exact) mass is 368 g/mol. The van der Waals surface area contributed by atoms with Crippen LogP contribution >= 0.6 is 0 Å². The van der Waals surface area contributed by atoms with Gasteiger partial charge in [0.1, 0.15) is 5.82 Å². The van der Waals surface area contributed by atoms with Gasteiger partial charge >= 0.3 is 0 Å². The van der Waals surface area contributed by atoms with Crippen molar-refractivity contribution in [3.05, 3.63) is 60.3 Å². The molecule has 0 radical (unpaired) electrons. The first-order valence-electron chi connectivity index (χ1n) is 7.83. The highest BCUT2D eigenvalue weighted by molar-refractivity contribution is 7.89. The zero-order valence-corrected chi connectivity index (χ0v) is 15.0. The van der Waals surface area contributed by atoms with Crippen LogP contribution in [-0.2, 0) is 10.0 Å². The molecule has 0 aliphatic carbocycles. The maximum Gasteiger partial charge on any atom is 0.238 e. The topological polar surface area (TPSA) is 108 Å². The van der Waals surface area contributed by atoms with E-state index in [0.717, 1.165) is 17.0 Å². The number of nitrogens with two attached hydrogens (primary N) is 1. The average molecular weight is 368 g/mol. The molecule has 4 rings (SSSR count). The lowest BCUT2D eigenvalue weighted by Gasteiger charge is -2.09. The second-order valence-corrected chi connectivity index (χ2v) is 7.56. The van der Waals surface area contributed by atoms with Gasteiger partial charge in [0.2, 0.25) is 10.0 Å². The predicted octanol–water partition coefficient (Wildman–Crippen LogP) is 1.85. The number of primary sulfonamides is 1. The zero-order valence-electron chi connectivity index (χ0n) is 14.2. The van der Waals surface area contributed by atoms with E-state index in [2.05, 4.69) is 15.1 Å². The Hall–Kier alpha value is -3.04. The number of hydrogen-bond donors (Lipinski definition) is 1. The maximum atomic E-state index is 11.6. The number of fused-ring (bicyclic) bond motifs is 1. The molecule has 0 amide bonds. The molecule has 9 heteroatoms. The molecule has 0 aliphatic heterocycles. The van der Waals surface area contributed by atoms with E-state index < -0.39 is 10.0 Å². The first kappa shape index (κ1) is 16.4. The van der Waals surface area contributed by atoms with E-state index in [1.807, 2.05) is 19.9 Å². The van der Waals surface area contributed by atoms with Crippen molar-refractivity contribution >= 4 is 15.7 Å². The van der Waals surface area contributed by atoms with Gasteiger partial charge < -0.3 is 0 Å². The van der Waals surface area contributed by atoms with Crippen molar-refractivity contribution < 1.29 is 8.42 Å². The fourth-order valence-corrected chi connectivity index (χ4v) is 3.50. The molecular formula is C17H16N6O2S. The highest BCUT2D eigenvalue weighted by Gasteiger charge is 2.17. The van der Waals surface area contributed by atoms with Crippen LogP contribution in [0.2, 0.25) is 0 Å². The summed E-state index contributed by atoms with van der Waals surface area (Å²) in [6.07, 6.45) is 5.10. The van der Waals surface area contributed by atoms with E-state index in [4.69, 9.17) is 5.14 Å². The first-order valence-corrected chi connectivity index (χ1v) is 9.38. The summed E-state index contributed by atoms with van der Waals surface area (Å²) in [5.41, 5.74) is 3.92. The Balaban J connectivity index is 1.92. The number of aryl methyl sites for hydroxylation is 2. The standard InChI is InChI=1S/C17H16N6O2S/c1-11-8-12(2)23-17(21-11)15(10-20-23)16-19-6-7-22(16)13-4-3-5-14(9-13)26(18,24)25/h3-10H,1-2H3,(H2,18,24,25). The summed E-state index contributed by atoms with van der Waals surface area (Å²) in [6, 6.07) is 8.35. The summed E-state index contributed by atoms with van der Waals surface area (Å²) in [5, 5.41) is 9.64. The molecule has 0 spiro atoms. The summed E-state index contributed by atoms with van der Waals surface area (Å²) in [4.78, 5) is 9.04. The van der Waals surface area contributed by atoms with Gasteiger partial charge in [0, 0.05) is 29.5 Å². The number of sulfonamides is 1. The molecule has 0 atom stereocenters. The Labute approximate surface area is 150 Å². The van der Waals surface area contributed by atoms with Gasteiger partial charge in [0.25, 0.3) is 0 Å². The number of benzene rings is 1. The van der Waals surface area contributed by atoms with Crippen molar-refractivity contribution in [3.8, 4) is 17.1 Å². The molecule has 0 bridgehead atoms. The van der Waals surface area contributed by atoms with E-state index >= 15 is 0 Å². The molecule has 4 aromatic rings. The normalized spacial score (nSPS) is 12.0. The van der Waals surface area contributed by atoms with Crippen molar-refractivity contribution in [1.29, 1.82) is 0 Å². The van der Waals surface area contributed by atoms with Crippen LogP contribution in [0.3, 0.4) is 0 Å². The van der Waals surface area contributed by atoms with Gasteiger partial charge in [0.15, 0.2) is 5.65 Å². The van der Waals surface area contributed by atoms with Crippen LogP contribution in [0.25, 0.3) is 22.7 Å². The minimum Gasteiger partial charge on any atom is -0.300 e. The number of rotatable bonds is 3. The van der Waals surface area contributed by atoms with Crippen molar-refractivity contribution in [3.63, 3.8) is 0 Å². The Morgan fingerprint density at radius 3 is 2.73 bits per heavy atom. The van der Waals surface area contributed by atoms with Crippen molar-refractivity contribution in [2.45, 2.75) is 18.7 Å². The minimum atomic E-state index is -3.79. The smallest absolute Gasteiger partial charge is 0.238 e. The average Bonchev–Trinajstić information content (AvgIpc) is 3.20. The molecule has 1 aromatic carbocycles. The summed E-state index contributed by atoms with van der Waals surface area (Å²) in [5.74, 6) is 0.615. The van der Waals surface area contributed by atoms with Gasteiger partial charge in [-0.15, -0.1) is 0 Å². The maximum absolute atomic E-state index is 11.6. The Bertz CT molecular complexity index is 1240. The third-order valence-electron chi connectivity index (χ3n) is 4.08. The van der Waals surface area contributed by atoms with E-state index in [-0.39, 0.29) is 4.90 Å². The fraction of sp³-hybridized carbons (Fsp3) is 0.118. The number of nitrogens with zero attached hydrogens (tertiary/aromatic N) is 5. The highest BCUT2D eigenvalue weighted by atomic mass is 32.2. The summed E-state index contributed by atoms with van der Waals surface area (Å²) in [6.45, 7) is 3.88. The van der Waals surface area contributed by atoms with E-state index in [0.29, 0.717) is 17.2 Å². The molecule has 0 saturated carbocycles. The fourth-order valence-electron chi connectivity index (χ4n) is 2.95. The SMILES string of the molecule is Cc1cc(C)n2ncc(-c3nccn3-c3cccc(S(N)(=O)=O)c3)c2n1. The molecule has 132 valence electrons. The van der Waals surface area contributed by atoms with Crippen LogP contribution in [-0.4, -0.2) is 32.6 Å². The minimum absolute atomic E-state index is 0.0410. The lowest BCUT2D eigenvalue weighted by molar-refractivity contribution is 0.597. The van der Waals surface area contributed by atoms with Crippen LogP contribution < -0.4 is 5.14 Å². The van der Waals surface area contributed by atoms with Gasteiger partial charge in [0.05, 0.1) is 16.7 Å². The van der Waals surface area contributed by atoms with Crippen LogP contribution in [0.5, 0.6) is 0 Å². The van der Waals surface area contributed by atoms with Gasteiger partial charge in [-0.2, -0.15) is 5.10 Å². The molecule has 0 aliphatic rings.